The van der Waals surface area contributed by atoms with E-state index in [0.29, 0.717) is 0 Å². The van der Waals surface area contributed by atoms with Gasteiger partial charge in [-0.15, -0.1) is 0 Å². The molecule has 130 valence electrons. The number of amides is 1. The lowest BCUT2D eigenvalue weighted by Crippen LogP contribution is -2.54. The van der Waals surface area contributed by atoms with Gasteiger partial charge in [-0.05, 0) is 12.1 Å². The van der Waals surface area contributed by atoms with E-state index in [1.807, 2.05) is 0 Å². The second kappa shape index (κ2) is 5.68. The lowest BCUT2D eigenvalue weighted by Gasteiger charge is -2.39. The molecule has 3 rings (SSSR count). The molecule has 1 saturated carbocycles. The molecule has 1 heterocycles. The number of para-hydroxylation sites is 1. The summed E-state index contributed by atoms with van der Waals surface area (Å²) in [7, 11) is 0. The van der Waals surface area contributed by atoms with Crippen molar-refractivity contribution in [3.63, 3.8) is 0 Å². The van der Waals surface area contributed by atoms with Crippen LogP contribution in [0.1, 0.15) is 19.3 Å². The van der Waals surface area contributed by atoms with Gasteiger partial charge in [0.2, 0.25) is 11.5 Å². The Morgan fingerprint density at radius 2 is 1.79 bits per heavy atom. The molecule has 5 nitrogen and oxygen atoms in total. The number of likely N-dealkylation sites (tertiary alicyclic amines) is 1. The van der Waals surface area contributed by atoms with Crippen molar-refractivity contribution in [2.24, 2.45) is 5.92 Å². The van der Waals surface area contributed by atoms with E-state index in [0.717, 1.165) is 6.07 Å². The van der Waals surface area contributed by atoms with Gasteiger partial charge in [-0.3, -0.25) is 4.79 Å². The first-order chi connectivity index (χ1) is 11.3. The zero-order valence-corrected chi connectivity index (χ0v) is 12.7. The Hall–Kier alpha value is -2.25. The Labute approximate surface area is 136 Å². The number of hydrogen-bond donors (Lipinski definition) is 1. The van der Waals surface area contributed by atoms with Crippen LogP contribution < -0.4 is 4.74 Å². The highest BCUT2D eigenvalue weighted by molar-refractivity contribution is 5.84. The highest BCUT2D eigenvalue weighted by atomic mass is 19.3. The lowest BCUT2D eigenvalue weighted by molar-refractivity contribution is -0.162. The van der Waals surface area contributed by atoms with Crippen molar-refractivity contribution < 1.29 is 32.6 Å². The molecule has 0 spiro atoms. The second-order valence-corrected chi connectivity index (χ2v) is 6.17. The van der Waals surface area contributed by atoms with Crippen LogP contribution in [-0.2, 0) is 9.59 Å². The molecule has 1 N–H and O–H groups in total. The van der Waals surface area contributed by atoms with E-state index in [2.05, 4.69) is 0 Å². The number of carboxylic acid groups (broad SMARTS) is 1. The van der Waals surface area contributed by atoms with Crippen molar-refractivity contribution in [2.75, 3.05) is 13.1 Å². The molecule has 24 heavy (non-hydrogen) atoms. The number of benzene rings is 1. The molecule has 0 aromatic heterocycles. The van der Waals surface area contributed by atoms with Crippen LogP contribution in [0.4, 0.5) is 13.2 Å². The minimum atomic E-state index is -2.96. The van der Waals surface area contributed by atoms with Crippen LogP contribution in [0.15, 0.2) is 24.3 Å². The van der Waals surface area contributed by atoms with Crippen LogP contribution in [0.25, 0.3) is 0 Å². The topological polar surface area (TPSA) is 66.8 Å². The lowest BCUT2D eigenvalue weighted by atomic mass is 9.90. The zero-order valence-electron chi connectivity index (χ0n) is 12.7. The van der Waals surface area contributed by atoms with Crippen LogP contribution in [0.2, 0.25) is 0 Å². The second-order valence-electron chi connectivity index (χ2n) is 6.17. The average molecular weight is 343 g/mol. The van der Waals surface area contributed by atoms with Gasteiger partial charge in [0.1, 0.15) is 5.92 Å². The molecule has 2 fully saturated rings. The van der Waals surface area contributed by atoms with Gasteiger partial charge in [0.05, 0.1) is 0 Å². The first kappa shape index (κ1) is 16.6. The number of carbonyl (C=O) groups is 2. The fourth-order valence-electron chi connectivity index (χ4n) is 2.89. The van der Waals surface area contributed by atoms with Crippen molar-refractivity contribution in [3.8, 4) is 5.75 Å². The van der Waals surface area contributed by atoms with Crippen molar-refractivity contribution in [3.05, 3.63) is 30.1 Å². The van der Waals surface area contributed by atoms with Gasteiger partial charge >= 0.3 is 5.97 Å². The summed E-state index contributed by atoms with van der Waals surface area (Å²) < 4.78 is 45.1. The molecule has 1 saturated heterocycles. The molecule has 1 aliphatic carbocycles. The Bertz CT molecular complexity index is 671. The number of aliphatic carboxylic acids is 1. The highest BCUT2D eigenvalue weighted by Crippen LogP contribution is 2.50. The van der Waals surface area contributed by atoms with Crippen molar-refractivity contribution >= 4 is 11.9 Å². The SMILES string of the molecule is O=C([C@@H]1CC1(F)F)N1CCC(Oc2ccccc2F)(C(=O)O)CC1. The molecule has 8 heteroatoms. The number of ether oxygens (including phenoxy) is 1. The molecular formula is C16H16F3NO4. The van der Waals surface area contributed by atoms with E-state index in [9.17, 15) is 27.9 Å². The quantitative estimate of drug-likeness (QED) is 0.911. The number of halogens is 3. The Kier molecular flexibility index (Phi) is 3.93. The first-order valence-corrected chi connectivity index (χ1v) is 7.59. The smallest absolute Gasteiger partial charge is 0.348 e. The summed E-state index contributed by atoms with van der Waals surface area (Å²) in [6.45, 7) is -0.0433. The third kappa shape index (κ3) is 2.92. The molecule has 1 amide bonds. The summed E-state index contributed by atoms with van der Waals surface area (Å²) in [5.74, 6) is -7.06. The van der Waals surface area contributed by atoms with Gasteiger partial charge < -0.3 is 14.7 Å². The summed E-state index contributed by atoms with van der Waals surface area (Å²) in [5, 5.41) is 9.50. The third-order valence-corrected chi connectivity index (χ3v) is 4.54. The molecular weight excluding hydrogens is 327 g/mol. The number of alkyl halides is 2. The van der Waals surface area contributed by atoms with E-state index in [1.165, 1.54) is 23.1 Å². The van der Waals surface area contributed by atoms with E-state index in [-0.39, 0.29) is 31.7 Å². The number of nitrogens with zero attached hydrogens (tertiary/aromatic N) is 1. The van der Waals surface area contributed by atoms with Crippen LogP contribution in [-0.4, -0.2) is 46.5 Å². The van der Waals surface area contributed by atoms with Crippen LogP contribution in [0, 0.1) is 11.7 Å². The minimum Gasteiger partial charge on any atom is -0.478 e. The third-order valence-electron chi connectivity index (χ3n) is 4.54. The van der Waals surface area contributed by atoms with Gasteiger partial charge in [-0.2, -0.15) is 0 Å². The van der Waals surface area contributed by atoms with Gasteiger partial charge in [0.15, 0.2) is 11.6 Å². The van der Waals surface area contributed by atoms with Crippen molar-refractivity contribution in [1.29, 1.82) is 0 Å². The summed E-state index contributed by atoms with van der Waals surface area (Å²) in [6, 6.07) is 5.44. The summed E-state index contributed by atoms with van der Waals surface area (Å²) in [6.07, 6.45) is -0.653. The number of rotatable bonds is 4. The van der Waals surface area contributed by atoms with Crippen LogP contribution in [0.5, 0.6) is 5.75 Å². The minimum absolute atomic E-state index is 0.0217. The largest absolute Gasteiger partial charge is 0.478 e. The standard InChI is InChI=1S/C16H16F3NO4/c17-11-3-1-2-4-12(11)24-15(14(22)23)5-7-20(8-6-15)13(21)10-9-16(10,18)19/h1-4,10H,5-9H2,(H,22,23)/t10-/m0/s1. The Morgan fingerprint density at radius 3 is 2.29 bits per heavy atom. The maximum absolute atomic E-state index is 13.7. The predicted molar refractivity (Wildman–Crippen MR) is 76.3 cm³/mol. The van der Waals surface area contributed by atoms with Crippen molar-refractivity contribution in [2.45, 2.75) is 30.8 Å². The summed E-state index contributed by atoms with van der Waals surface area (Å²) >= 11 is 0. The maximum atomic E-state index is 13.7. The Balaban J connectivity index is 1.70. The van der Waals surface area contributed by atoms with E-state index < -0.39 is 41.6 Å². The molecule has 1 aromatic carbocycles. The Morgan fingerprint density at radius 1 is 1.21 bits per heavy atom. The molecule has 1 atom stereocenters. The predicted octanol–water partition coefficient (Wildman–Crippen LogP) is 2.31. The monoisotopic (exact) mass is 343 g/mol. The van der Waals surface area contributed by atoms with Crippen LogP contribution >= 0.6 is 0 Å². The normalized spacial score (nSPS) is 24.3. The molecule has 0 bridgehead atoms. The average Bonchev–Trinajstić information content (AvgIpc) is 3.18. The number of carbonyl (C=O) groups excluding carboxylic acids is 1. The fourth-order valence-corrected chi connectivity index (χ4v) is 2.89. The number of hydrogen-bond acceptors (Lipinski definition) is 3. The van der Waals surface area contributed by atoms with E-state index >= 15 is 0 Å². The number of piperidine rings is 1. The maximum Gasteiger partial charge on any atom is 0.348 e. The van der Waals surface area contributed by atoms with Gasteiger partial charge in [0, 0.05) is 32.4 Å². The highest BCUT2D eigenvalue weighted by Gasteiger charge is 2.62. The van der Waals surface area contributed by atoms with Gasteiger partial charge in [0.25, 0.3) is 5.92 Å². The van der Waals surface area contributed by atoms with Gasteiger partial charge in [-0.25, -0.2) is 18.0 Å². The van der Waals surface area contributed by atoms with Gasteiger partial charge in [-0.1, -0.05) is 12.1 Å². The van der Waals surface area contributed by atoms with E-state index in [4.69, 9.17) is 4.74 Å². The molecule has 2 aliphatic rings. The number of carboxylic acids is 1. The molecule has 0 unspecified atom stereocenters. The summed E-state index contributed by atoms with van der Waals surface area (Å²) in [4.78, 5) is 24.8. The van der Waals surface area contributed by atoms with Crippen molar-refractivity contribution in [1.82, 2.24) is 4.90 Å². The fraction of sp³-hybridized carbons (Fsp3) is 0.500. The van der Waals surface area contributed by atoms with Crippen LogP contribution in [0.3, 0.4) is 0 Å². The molecule has 0 radical (unpaired) electrons. The molecule has 1 aromatic rings. The first-order valence-electron chi connectivity index (χ1n) is 7.59. The molecule has 1 aliphatic heterocycles. The van der Waals surface area contributed by atoms with E-state index in [1.54, 1.807) is 0 Å². The summed E-state index contributed by atoms with van der Waals surface area (Å²) in [5.41, 5.74) is -1.68. The zero-order chi connectivity index (χ0) is 17.5.